The summed E-state index contributed by atoms with van der Waals surface area (Å²) < 4.78 is 36.3. The van der Waals surface area contributed by atoms with E-state index in [9.17, 15) is 27.8 Å². The van der Waals surface area contributed by atoms with Gasteiger partial charge in [0.15, 0.2) is 0 Å². The van der Waals surface area contributed by atoms with Crippen molar-refractivity contribution < 1.29 is 27.8 Å². The van der Waals surface area contributed by atoms with Gasteiger partial charge in [0.1, 0.15) is 0 Å². The van der Waals surface area contributed by atoms with Crippen molar-refractivity contribution in [2.75, 3.05) is 18.9 Å². The fraction of sp³-hybridized carbons (Fsp3) is 0.882. The van der Waals surface area contributed by atoms with Crippen molar-refractivity contribution >= 4 is 13.1 Å². The Morgan fingerprint density at radius 1 is 1.03 bits per heavy atom. The topological polar surface area (TPSA) is 121 Å². The number of nitrogens with zero attached hydrogens (tertiary/aromatic N) is 2. The van der Waals surface area contributed by atoms with Gasteiger partial charge in [-0.1, -0.05) is 0 Å². The number of carbonyl (C=O) groups excluding carboxylic acids is 1. The van der Waals surface area contributed by atoms with Crippen molar-refractivity contribution in [2.45, 2.75) is 78.1 Å². The van der Waals surface area contributed by atoms with Gasteiger partial charge >= 0.3 is 170 Å². The van der Waals surface area contributed by atoms with E-state index in [2.05, 4.69) is 10.9 Å². The van der Waals surface area contributed by atoms with Crippen LogP contribution in [0.2, 0.25) is 0 Å². The summed E-state index contributed by atoms with van der Waals surface area (Å²) in [7, 11) is -4.46. The van der Waals surface area contributed by atoms with Gasteiger partial charge < -0.3 is 0 Å². The second-order valence-corrected chi connectivity index (χ2v) is 11.7. The van der Waals surface area contributed by atoms with Crippen molar-refractivity contribution in [1.29, 1.82) is 5.26 Å². The van der Waals surface area contributed by atoms with E-state index in [1.807, 2.05) is 39.1 Å². The number of unbranched alkanes of at least 4 members (excludes halogenated alkanes) is 3. The van der Waals surface area contributed by atoms with Crippen LogP contribution < -0.4 is 16.2 Å². The van der Waals surface area contributed by atoms with Gasteiger partial charge in [-0.25, -0.2) is 0 Å². The molecule has 0 heterocycles. The molecule has 0 rings (SSSR count). The van der Waals surface area contributed by atoms with Gasteiger partial charge in [-0.05, 0) is 0 Å². The number of rotatable bonds is 14. The first-order valence-electron chi connectivity index (χ1n) is 9.77. The molecular formula is C17H35F3N5O3P. The molecule has 8 nitrogen and oxygen atoms in total. The number of hydrogen-bond acceptors (Lipinski definition) is 7. The van der Waals surface area contributed by atoms with Crippen molar-refractivity contribution in [2.24, 2.45) is 0 Å². The maximum absolute atomic E-state index is 12.1. The van der Waals surface area contributed by atoms with E-state index in [1.165, 1.54) is 4.89 Å². The number of nitriles is 1. The molecular weight excluding hydrogens is 410 g/mol. The Bertz CT molecular complexity index is 543. The van der Waals surface area contributed by atoms with Gasteiger partial charge in [0.05, 0.1) is 0 Å². The molecule has 0 aliphatic carbocycles. The minimum atomic E-state index is -4.89. The molecule has 12 heteroatoms. The molecule has 29 heavy (non-hydrogen) atoms. The Morgan fingerprint density at radius 2 is 1.55 bits per heavy atom. The third-order valence-electron chi connectivity index (χ3n) is 3.99. The summed E-state index contributed by atoms with van der Waals surface area (Å²) in [4.78, 5) is 34.6. The molecule has 0 aliphatic heterocycles. The normalized spacial score (nSPS) is 14.1. The SMILES string of the molecule is CC(C)NN(NC(C)C)P(O)(O)(CCC#N)CCCCCCNC(=O)C(F)(F)F. The van der Waals surface area contributed by atoms with E-state index in [-0.39, 0.29) is 37.4 Å². The van der Waals surface area contributed by atoms with Crippen LogP contribution in [0.25, 0.3) is 0 Å². The minimum absolute atomic E-state index is 0.0235. The maximum atomic E-state index is 12.1. The van der Waals surface area contributed by atoms with E-state index in [4.69, 9.17) is 5.26 Å². The molecule has 0 spiro atoms. The molecule has 0 aliphatic rings. The van der Waals surface area contributed by atoms with Crippen LogP contribution in [0.15, 0.2) is 0 Å². The molecule has 0 saturated heterocycles. The fourth-order valence-corrected chi connectivity index (χ4v) is 5.65. The number of amides is 1. The quantitative estimate of drug-likeness (QED) is 0.158. The molecule has 0 unspecified atom stereocenters. The van der Waals surface area contributed by atoms with Gasteiger partial charge in [0.2, 0.25) is 0 Å². The summed E-state index contributed by atoms with van der Waals surface area (Å²) in [6.07, 6.45) is -3.12. The summed E-state index contributed by atoms with van der Waals surface area (Å²) in [5.41, 5.74) is 6.01. The number of halogens is 3. The molecule has 0 fully saturated rings. The second kappa shape index (κ2) is 12.0. The van der Waals surface area contributed by atoms with E-state index in [0.717, 1.165) is 0 Å². The third kappa shape index (κ3) is 11.1. The van der Waals surface area contributed by atoms with Crippen LogP contribution in [0, 0.1) is 11.3 Å². The zero-order chi connectivity index (χ0) is 22.7. The average molecular weight is 445 g/mol. The number of nitrogens with one attached hydrogen (secondary N) is 3. The number of hydrazine groups is 2. The van der Waals surface area contributed by atoms with Crippen LogP contribution in [-0.4, -0.2) is 57.7 Å². The second-order valence-electron chi connectivity index (χ2n) is 7.74. The Labute approximate surface area is 170 Å². The Morgan fingerprint density at radius 3 is 2.00 bits per heavy atom. The van der Waals surface area contributed by atoms with Crippen LogP contribution in [-0.2, 0) is 4.79 Å². The van der Waals surface area contributed by atoms with Crippen molar-refractivity contribution in [3.8, 4) is 6.07 Å². The van der Waals surface area contributed by atoms with Crippen molar-refractivity contribution in [3.05, 3.63) is 0 Å². The van der Waals surface area contributed by atoms with Gasteiger partial charge in [-0.15, -0.1) is 0 Å². The van der Waals surface area contributed by atoms with E-state index >= 15 is 0 Å². The molecule has 5 N–H and O–H groups in total. The van der Waals surface area contributed by atoms with Gasteiger partial charge in [-0.2, -0.15) is 0 Å². The van der Waals surface area contributed by atoms with Gasteiger partial charge in [0.25, 0.3) is 0 Å². The first kappa shape index (κ1) is 28.0. The molecule has 0 saturated carbocycles. The van der Waals surface area contributed by atoms with E-state index < -0.39 is 19.3 Å². The molecule has 0 aromatic heterocycles. The van der Waals surface area contributed by atoms with Crippen LogP contribution in [0.3, 0.4) is 0 Å². The molecule has 1 amide bonds. The molecule has 0 atom stereocenters. The van der Waals surface area contributed by atoms with Crippen molar-refractivity contribution in [1.82, 2.24) is 21.1 Å². The van der Waals surface area contributed by atoms with E-state index in [0.29, 0.717) is 25.7 Å². The number of hydrogen-bond donors (Lipinski definition) is 5. The summed E-state index contributed by atoms with van der Waals surface area (Å²) in [5.74, 6) is -1.96. The third-order valence-corrected chi connectivity index (χ3v) is 7.52. The van der Waals surface area contributed by atoms with Gasteiger partial charge in [0, 0.05) is 0 Å². The zero-order valence-corrected chi connectivity index (χ0v) is 18.5. The molecule has 0 aromatic rings. The van der Waals surface area contributed by atoms with Gasteiger partial charge in [-0.3, -0.25) is 0 Å². The Kier molecular flexibility index (Phi) is 11.6. The predicted molar refractivity (Wildman–Crippen MR) is 107 cm³/mol. The zero-order valence-electron chi connectivity index (χ0n) is 17.6. The molecule has 0 radical (unpaired) electrons. The number of carbonyl (C=O) groups is 1. The summed E-state index contributed by atoms with van der Waals surface area (Å²) in [6.45, 7) is 7.32. The standard InChI is InChI=1S/C17H35F3N5O3P/c1-14(2)23-25(24-15(3)4)29(27,28,13-9-10-21)12-8-6-5-7-11-22-16(26)17(18,19)20/h14-15,23-24,27-28H,5-9,11-13H2,1-4H3,(H,22,26). The molecule has 0 aromatic carbocycles. The first-order valence-corrected chi connectivity index (χ1v) is 12.2. The average Bonchev–Trinajstić information content (AvgIpc) is 2.57. The van der Waals surface area contributed by atoms with Crippen LogP contribution in [0.5, 0.6) is 0 Å². The summed E-state index contributed by atoms with van der Waals surface area (Å²) in [6, 6.07) is 1.79. The van der Waals surface area contributed by atoms with Crippen LogP contribution in [0.1, 0.15) is 59.8 Å². The monoisotopic (exact) mass is 445 g/mol. The number of alkyl halides is 3. The first-order chi connectivity index (χ1) is 13.2. The predicted octanol–water partition coefficient (Wildman–Crippen LogP) is 2.55. The van der Waals surface area contributed by atoms with E-state index in [1.54, 1.807) is 0 Å². The summed E-state index contributed by atoms with van der Waals surface area (Å²) >= 11 is 0. The Hall–Kier alpha value is -1.02. The molecule has 0 bridgehead atoms. The Balaban J connectivity index is 4.79. The van der Waals surface area contributed by atoms with Crippen LogP contribution >= 0.6 is 7.21 Å². The summed E-state index contributed by atoms with van der Waals surface area (Å²) in [5, 5.41) is 10.7. The van der Waals surface area contributed by atoms with Crippen molar-refractivity contribution in [3.63, 3.8) is 0 Å². The van der Waals surface area contributed by atoms with Crippen LogP contribution in [0.4, 0.5) is 13.2 Å². The fourth-order valence-electron chi connectivity index (χ4n) is 2.60. The molecule has 172 valence electrons.